The Hall–Kier alpha value is -2.20. The van der Waals surface area contributed by atoms with E-state index in [4.69, 9.17) is 21.1 Å². The largest absolute Gasteiger partial charge is 0.489 e. The van der Waals surface area contributed by atoms with E-state index in [-0.39, 0.29) is 12.3 Å². The van der Waals surface area contributed by atoms with E-state index in [0.29, 0.717) is 36.3 Å². The van der Waals surface area contributed by atoms with Crippen LogP contribution in [0, 0.1) is 0 Å². The number of fused-ring (bicyclic) bond motifs is 1. The van der Waals surface area contributed by atoms with Gasteiger partial charge in [0.05, 0.1) is 24.7 Å². The SMILES string of the molecule is CCc1ccc(CN(C)C(=O)Cc2cc(Cl)c3c(c2)OCCCO3)cc1. The zero-order chi connectivity index (χ0) is 18.5. The first-order valence-electron chi connectivity index (χ1n) is 8.96. The zero-order valence-electron chi connectivity index (χ0n) is 15.3. The number of benzene rings is 2. The summed E-state index contributed by atoms with van der Waals surface area (Å²) in [6.07, 6.45) is 2.11. The second-order valence-electron chi connectivity index (χ2n) is 6.55. The van der Waals surface area contributed by atoms with Crippen molar-refractivity contribution < 1.29 is 14.3 Å². The minimum absolute atomic E-state index is 0.0372. The van der Waals surface area contributed by atoms with E-state index in [1.54, 1.807) is 11.0 Å². The second-order valence-corrected chi connectivity index (χ2v) is 6.96. The molecular formula is C21H24ClNO3. The minimum atomic E-state index is 0.0372. The highest BCUT2D eigenvalue weighted by atomic mass is 35.5. The number of halogens is 1. The lowest BCUT2D eigenvalue weighted by Crippen LogP contribution is -2.27. The van der Waals surface area contributed by atoms with E-state index in [0.717, 1.165) is 24.0 Å². The smallest absolute Gasteiger partial charge is 0.227 e. The van der Waals surface area contributed by atoms with Crippen LogP contribution in [0.2, 0.25) is 5.02 Å². The van der Waals surface area contributed by atoms with E-state index < -0.39 is 0 Å². The van der Waals surface area contributed by atoms with Crippen LogP contribution in [-0.2, 0) is 24.2 Å². The molecule has 0 atom stereocenters. The maximum atomic E-state index is 12.6. The second kappa shape index (κ2) is 8.45. The maximum absolute atomic E-state index is 12.6. The van der Waals surface area contributed by atoms with E-state index in [2.05, 4.69) is 31.2 Å². The molecule has 0 unspecified atom stereocenters. The number of rotatable bonds is 5. The molecule has 2 aromatic rings. The molecule has 0 spiro atoms. The third-order valence-corrected chi connectivity index (χ3v) is 4.77. The third-order valence-electron chi connectivity index (χ3n) is 4.49. The van der Waals surface area contributed by atoms with E-state index in [9.17, 15) is 4.79 Å². The van der Waals surface area contributed by atoms with Crippen molar-refractivity contribution in [3.8, 4) is 11.5 Å². The van der Waals surface area contributed by atoms with Crippen molar-refractivity contribution in [2.45, 2.75) is 32.7 Å². The van der Waals surface area contributed by atoms with Crippen LogP contribution in [0.1, 0.15) is 30.0 Å². The van der Waals surface area contributed by atoms with Crippen molar-refractivity contribution in [2.75, 3.05) is 20.3 Å². The van der Waals surface area contributed by atoms with Crippen LogP contribution in [0.5, 0.6) is 11.5 Å². The van der Waals surface area contributed by atoms with Crippen molar-refractivity contribution in [2.24, 2.45) is 0 Å². The van der Waals surface area contributed by atoms with Gasteiger partial charge in [-0.15, -0.1) is 0 Å². The Balaban J connectivity index is 1.66. The molecule has 0 bridgehead atoms. The number of hydrogen-bond donors (Lipinski definition) is 0. The van der Waals surface area contributed by atoms with Crippen molar-refractivity contribution in [3.63, 3.8) is 0 Å². The van der Waals surface area contributed by atoms with Crippen LogP contribution in [0.3, 0.4) is 0 Å². The molecule has 1 aliphatic heterocycles. The number of ether oxygens (including phenoxy) is 2. The molecule has 0 saturated heterocycles. The van der Waals surface area contributed by atoms with Crippen LogP contribution in [0.4, 0.5) is 0 Å². The third kappa shape index (κ3) is 4.50. The lowest BCUT2D eigenvalue weighted by atomic mass is 10.1. The van der Waals surface area contributed by atoms with Gasteiger partial charge < -0.3 is 14.4 Å². The average Bonchev–Trinajstić information content (AvgIpc) is 2.88. The van der Waals surface area contributed by atoms with Crippen molar-refractivity contribution in [1.82, 2.24) is 4.90 Å². The van der Waals surface area contributed by atoms with Crippen LogP contribution in [-0.4, -0.2) is 31.1 Å². The predicted octanol–water partition coefficient (Wildman–Crippen LogP) is 4.26. The van der Waals surface area contributed by atoms with Gasteiger partial charge in [-0.2, -0.15) is 0 Å². The fraction of sp³-hybridized carbons (Fsp3) is 0.381. The summed E-state index contributed by atoms with van der Waals surface area (Å²) < 4.78 is 11.3. The predicted molar refractivity (Wildman–Crippen MR) is 103 cm³/mol. The molecule has 1 heterocycles. The summed E-state index contributed by atoms with van der Waals surface area (Å²) in [4.78, 5) is 14.3. The molecule has 0 fully saturated rings. The van der Waals surface area contributed by atoms with Gasteiger partial charge >= 0.3 is 0 Å². The Bertz CT molecular complexity index is 774. The summed E-state index contributed by atoms with van der Waals surface area (Å²) in [5.74, 6) is 1.23. The number of nitrogens with zero attached hydrogens (tertiary/aromatic N) is 1. The number of likely N-dealkylation sites (N-methyl/N-ethyl adjacent to an activating group) is 1. The molecule has 0 N–H and O–H groups in total. The Kier molecular flexibility index (Phi) is 6.04. The summed E-state index contributed by atoms with van der Waals surface area (Å²) in [5.41, 5.74) is 3.25. The van der Waals surface area contributed by atoms with Crippen LogP contribution in [0.25, 0.3) is 0 Å². The first-order chi connectivity index (χ1) is 12.6. The molecule has 138 valence electrons. The van der Waals surface area contributed by atoms with Crippen molar-refractivity contribution in [3.05, 3.63) is 58.1 Å². The van der Waals surface area contributed by atoms with Gasteiger partial charge in [0.25, 0.3) is 0 Å². The molecule has 4 nitrogen and oxygen atoms in total. The molecule has 26 heavy (non-hydrogen) atoms. The molecule has 0 radical (unpaired) electrons. The minimum Gasteiger partial charge on any atom is -0.489 e. The molecule has 0 saturated carbocycles. The summed E-state index contributed by atoms with van der Waals surface area (Å²) in [6.45, 7) is 3.89. The highest BCUT2D eigenvalue weighted by Gasteiger charge is 2.18. The molecule has 0 aromatic heterocycles. The molecule has 2 aromatic carbocycles. The lowest BCUT2D eigenvalue weighted by molar-refractivity contribution is -0.129. The van der Waals surface area contributed by atoms with E-state index in [1.165, 1.54) is 5.56 Å². The number of carbonyl (C=O) groups excluding carboxylic acids is 1. The van der Waals surface area contributed by atoms with Crippen LogP contribution in [0.15, 0.2) is 36.4 Å². The summed E-state index contributed by atoms with van der Waals surface area (Å²) in [5, 5.41) is 0.491. The van der Waals surface area contributed by atoms with Gasteiger partial charge in [-0.1, -0.05) is 42.8 Å². The molecule has 3 rings (SSSR count). The number of amides is 1. The highest BCUT2D eigenvalue weighted by Crippen LogP contribution is 2.38. The zero-order valence-corrected chi connectivity index (χ0v) is 16.0. The lowest BCUT2D eigenvalue weighted by Gasteiger charge is -2.18. The average molecular weight is 374 g/mol. The van der Waals surface area contributed by atoms with E-state index in [1.807, 2.05) is 13.1 Å². The summed E-state index contributed by atoms with van der Waals surface area (Å²) >= 11 is 6.31. The highest BCUT2D eigenvalue weighted by molar-refractivity contribution is 6.32. The molecule has 1 aliphatic rings. The first kappa shape index (κ1) is 18.6. The van der Waals surface area contributed by atoms with Crippen LogP contribution >= 0.6 is 11.6 Å². The molecule has 1 amide bonds. The van der Waals surface area contributed by atoms with Gasteiger partial charge in [-0.05, 0) is 35.2 Å². The van der Waals surface area contributed by atoms with Crippen LogP contribution < -0.4 is 9.47 Å². The van der Waals surface area contributed by atoms with Gasteiger partial charge in [0, 0.05) is 20.0 Å². The normalized spacial score (nSPS) is 13.2. The topological polar surface area (TPSA) is 38.8 Å². The molecular weight excluding hydrogens is 350 g/mol. The Morgan fingerprint density at radius 2 is 1.77 bits per heavy atom. The van der Waals surface area contributed by atoms with Gasteiger partial charge in [0.15, 0.2) is 11.5 Å². The van der Waals surface area contributed by atoms with Gasteiger partial charge in [-0.25, -0.2) is 0 Å². The summed E-state index contributed by atoms with van der Waals surface area (Å²) in [7, 11) is 1.82. The number of carbonyl (C=O) groups is 1. The Labute approximate surface area is 159 Å². The first-order valence-corrected chi connectivity index (χ1v) is 9.34. The fourth-order valence-corrected chi connectivity index (χ4v) is 3.23. The van der Waals surface area contributed by atoms with Crippen molar-refractivity contribution in [1.29, 1.82) is 0 Å². The molecule has 5 heteroatoms. The van der Waals surface area contributed by atoms with Gasteiger partial charge in [-0.3, -0.25) is 4.79 Å². The van der Waals surface area contributed by atoms with Gasteiger partial charge in [0.2, 0.25) is 5.91 Å². The van der Waals surface area contributed by atoms with Crippen molar-refractivity contribution >= 4 is 17.5 Å². The van der Waals surface area contributed by atoms with E-state index >= 15 is 0 Å². The number of hydrogen-bond acceptors (Lipinski definition) is 3. The maximum Gasteiger partial charge on any atom is 0.227 e. The Morgan fingerprint density at radius 1 is 1.08 bits per heavy atom. The monoisotopic (exact) mass is 373 g/mol. The van der Waals surface area contributed by atoms with Gasteiger partial charge in [0.1, 0.15) is 0 Å². The quantitative estimate of drug-likeness (QED) is 0.785. The molecule has 0 aliphatic carbocycles. The fourth-order valence-electron chi connectivity index (χ4n) is 2.94. The number of aryl methyl sites for hydroxylation is 1. The summed E-state index contributed by atoms with van der Waals surface area (Å²) in [6, 6.07) is 12.0. The standard InChI is InChI=1S/C21H24ClNO3/c1-3-15-5-7-16(8-6-15)14-23(2)20(24)13-17-11-18(22)21-19(12-17)25-9-4-10-26-21/h5-8,11-12H,3-4,9-10,13-14H2,1-2H3. The Morgan fingerprint density at radius 3 is 2.50 bits per heavy atom.